The predicted octanol–water partition coefficient (Wildman–Crippen LogP) is 1.32. The van der Waals surface area contributed by atoms with Crippen molar-refractivity contribution in [2.75, 3.05) is 4.90 Å². The Morgan fingerprint density at radius 2 is 1.90 bits per heavy atom. The molecule has 0 bridgehead atoms. The van der Waals surface area contributed by atoms with E-state index >= 15 is 0 Å². The van der Waals surface area contributed by atoms with Crippen LogP contribution in [0.4, 0.5) is 5.69 Å². The van der Waals surface area contributed by atoms with Crippen molar-refractivity contribution in [3.05, 3.63) is 24.0 Å². The molecule has 3 rings (SSSR count). The number of pyridine rings is 1. The minimum absolute atomic E-state index is 0.0743. The molecule has 6 nitrogen and oxygen atoms in total. The van der Waals surface area contributed by atoms with E-state index in [0.717, 1.165) is 4.90 Å². The normalized spacial score (nSPS) is 28.9. The molecule has 1 aliphatic carbocycles. The lowest BCUT2D eigenvalue weighted by atomic mass is 10.00. The maximum absolute atomic E-state index is 12.4. The maximum atomic E-state index is 12.4. The number of hydrogen-bond donors (Lipinski definition) is 1. The van der Waals surface area contributed by atoms with Crippen molar-refractivity contribution in [2.24, 2.45) is 17.8 Å². The summed E-state index contributed by atoms with van der Waals surface area (Å²) >= 11 is 0. The third kappa shape index (κ3) is 1.71. The standard InChI is InChI=1S/C14H14N2O4/c1-7-4-9-10(5-7)13(18)16(12(9)17)11-6-15-3-2-8(11)14(19)20/h2-3,6-7,9-10H,4-5H2,1H3,(H,19,20). The summed E-state index contributed by atoms with van der Waals surface area (Å²) in [7, 11) is 0. The topological polar surface area (TPSA) is 87.6 Å². The van der Waals surface area contributed by atoms with E-state index in [1.165, 1.54) is 18.5 Å². The van der Waals surface area contributed by atoms with E-state index < -0.39 is 5.97 Å². The van der Waals surface area contributed by atoms with Crippen molar-refractivity contribution in [2.45, 2.75) is 19.8 Å². The quantitative estimate of drug-likeness (QED) is 0.822. The molecule has 2 unspecified atom stereocenters. The van der Waals surface area contributed by atoms with E-state index in [2.05, 4.69) is 4.98 Å². The third-order valence-corrected chi connectivity index (χ3v) is 4.14. The minimum Gasteiger partial charge on any atom is -0.478 e. The molecule has 2 atom stereocenters. The van der Waals surface area contributed by atoms with Gasteiger partial charge in [-0.05, 0) is 24.8 Å². The molecular weight excluding hydrogens is 260 g/mol. The molecule has 2 fully saturated rings. The molecule has 2 amide bonds. The number of imide groups is 1. The number of hydrogen-bond acceptors (Lipinski definition) is 4. The fourth-order valence-corrected chi connectivity index (χ4v) is 3.26. The Kier molecular flexibility index (Phi) is 2.81. The lowest BCUT2D eigenvalue weighted by molar-refractivity contribution is -0.123. The summed E-state index contributed by atoms with van der Waals surface area (Å²) in [5.74, 6) is -2.01. The number of carbonyl (C=O) groups is 3. The number of aromatic nitrogens is 1. The zero-order valence-electron chi connectivity index (χ0n) is 10.9. The molecule has 20 heavy (non-hydrogen) atoms. The van der Waals surface area contributed by atoms with Gasteiger partial charge in [-0.3, -0.25) is 14.6 Å². The zero-order chi connectivity index (χ0) is 14.4. The summed E-state index contributed by atoms with van der Waals surface area (Å²) < 4.78 is 0. The van der Waals surface area contributed by atoms with Crippen LogP contribution in [-0.4, -0.2) is 27.9 Å². The van der Waals surface area contributed by atoms with E-state index in [-0.39, 0.29) is 34.9 Å². The van der Waals surface area contributed by atoms with Gasteiger partial charge in [0.2, 0.25) is 11.8 Å². The third-order valence-electron chi connectivity index (χ3n) is 4.14. The van der Waals surface area contributed by atoms with E-state index in [1.807, 2.05) is 6.92 Å². The van der Waals surface area contributed by atoms with Crippen LogP contribution in [0.15, 0.2) is 18.5 Å². The van der Waals surface area contributed by atoms with Gasteiger partial charge in [-0.25, -0.2) is 9.69 Å². The van der Waals surface area contributed by atoms with Crippen molar-refractivity contribution in [1.82, 2.24) is 4.98 Å². The first kappa shape index (κ1) is 12.8. The number of aromatic carboxylic acids is 1. The van der Waals surface area contributed by atoms with E-state index in [9.17, 15) is 14.4 Å². The van der Waals surface area contributed by atoms with Crippen LogP contribution in [-0.2, 0) is 9.59 Å². The highest BCUT2D eigenvalue weighted by Gasteiger charge is 2.52. The van der Waals surface area contributed by atoms with Crippen LogP contribution in [0.3, 0.4) is 0 Å². The molecule has 0 aromatic carbocycles. The average molecular weight is 274 g/mol. The van der Waals surface area contributed by atoms with E-state index in [1.54, 1.807) is 0 Å². The number of anilines is 1. The van der Waals surface area contributed by atoms with Crippen LogP contribution >= 0.6 is 0 Å². The molecule has 0 spiro atoms. The average Bonchev–Trinajstić information content (AvgIpc) is 2.89. The lowest BCUT2D eigenvalue weighted by Gasteiger charge is -2.18. The van der Waals surface area contributed by atoms with Crippen LogP contribution in [0.1, 0.15) is 30.1 Å². The maximum Gasteiger partial charge on any atom is 0.337 e. The molecule has 1 aromatic rings. The first-order chi connectivity index (χ1) is 9.50. The van der Waals surface area contributed by atoms with Crippen LogP contribution in [0.2, 0.25) is 0 Å². The zero-order valence-corrected chi connectivity index (χ0v) is 10.9. The summed E-state index contributed by atoms with van der Waals surface area (Å²) in [4.78, 5) is 40.9. The van der Waals surface area contributed by atoms with Gasteiger partial charge in [0.25, 0.3) is 0 Å². The fourth-order valence-electron chi connectivity index (χ4n) is 3.26. The van der Waals surface area contributed by atoms with Gasteiger partial charge < -0.3 is 5.11 Å². The molecule has 2 aliphatic rings. The van der Waals surface area contributed by atoms with Gasteiger partial charge in [-0.2, -0.15) is 0 Å². The highest BCUT2D eigenvalue weighted by molar-refractivity contribution is 6.23. The minimum atomic E-state index is -1.17. The Morgan fingerprint density at radius 3 is 2.45 bits per heavy atom. The fraction of sp³-hybridized carbons (Fsp3) is 0.429. The van der Waals surface area contributed by atoms with Crippen molar-refractivity contribution in [3.63, 3.8) is 0 Å². The van der Waals surface area contributed by atoms with Gasteiger partial charge in [0.15, 0.2) is 0 Å². The SMILES string of the molecule is CC1CC2C(=O)N(c3cnccc3C(=O)O)C(=O)C2C1. The van der Waals surface area contributed by atoms with Gasteiger partial charge in [-0.1, -0.05) is 6.92 Å². The monoisotopic (exact) mass is 274 g/mol. The molecule has 104 valence electrons. The van der Waals surface area contributed by atoms with Gasteiger partial charge in [0, 0.05) is 6.20 Å². The largest absolute Gasteiger partial charge is 0.478 e. The van der Waals surface area contributed by atoms with Crippen LogP contribution in [0.25, 0.3) is 0 Å². The van der Waals surface area contributed by atoms with E-state index in [0.29, 0.717) is 18.8 Å². The Bertz CT molecular complexity index is 589. The predicted molar refractivity (Wildman–Crippen MR) is 69.1 cm³/mol. The Balaban J connectivity index is 2.03. The molecule has 6 heteroatoms. The molecular formula is C14H14N2O4. The molecule has 1 aliphatic heterocycles. The summed E-state index contributed by atoms with van der Waals surface area (Å²) in [5, 5.41) is 9.17. The van der Waals surface area contributed by atoms with Gasteiger partial charge >= 0.3 is 5.97 Å². The van der Waals surface area contributed by atoms with Gasteiger partial charge in [-0.15, -0.1) is 0 Å². The number of nitrogens with zero attached hydrogens (tertiary/aromatic N) is 2. The highest BCUT2D eigenvalue weighted by atomic mass is 16.4. The molecule has 1 aromatic heterocycles. The number of rotatable bonds is 2. The Morgan fingerprint density at radius 1 is 1.30 bits per heavy atom. The van der Waals surface area contributed by atoms with Crippen molar-refractivity contribution >= 4 is 23.5 Å². The second-order valence-corrected chi connectivity index (χ2v) is 5.50. The molecule has 1 N–H and O–H groups in total. The highest BCUT2D eigenvalue weighted by Crippen LogP contribution is 2.44. The second-order valence-electron chi connectivity index (χ2n) is 5.50. The van der Waals surface area contributed by atoms with Gasteiger partial charge in [0.1, 0.15) is 0 Å². The number of amides is 2. The Labute approximate surface area is 115 Å². The molecule has 2 heterocycles. The lowest BCUT2D eigenvalue weighted by Crippen LogP contribution is -2.33. The Hall–Kier alpha value is -2.24. The number of fused-ring (bicyclic) bond motifs is 1. The summed E-state index contributed by atoms with van der Waals surface area (Å²) in [6, 6.07) is 1.30. The van der Waals surface area contributed by atoms with Crippen molar-refractivity contribution in [3.8, 4) is 0 Å². The van der Waals surface area contributed by atoms with Gasteiger partial charge in [0.05, 0.1) is 29.3 Å². The van der Waals surface area contributed by atoms with Crippen LogP contribution < -0.4 is 4.90 Å². The number of carbonyl (C=O) groups excluding carboxylic acids is 2. The smallest absolute Gasteiger partial charge is 0.337 e. The first-order valence-electron chi connectivity index (χ1n) is 6.55. The molecule has 0 radical (unpaired) electrons. The van der Waals surface area contributed by atoms with Crippen molar-refractivity contribution < 1.29 is 19.5 Å². The summed E-state index contributed by atoms with van der Waals surface area (Å²) in [6.07, 6.45) is 3.98. The second kappa shape index (κ2) is 4.40. The summed E-state index contributed by atoms with van der Waals surface area (Å²) in [6.45, 7) is 2.02. The first-order valence-corrected chi connectivity index (χ1v) is 6.55. The molecule has 1 saturated carbocycles. The van der Waals surface area contributed by atoms with Crippen molar-refractivity contribution in [1.29, 1.82) is 0 Å². The number of carboxylic acid groups (broad SMARTS) is 1. The molecule has 1 saturated heterocycles. The van der Waals surface area contributed by atoms with E-state index in [4.69, 9.17) is 5.11 Å². The van der Waals surface area contributed by atoms with Crippen LogP contribution in [0, 0.1) is 17.8 Å². The van der Waals surface area contributed by atoms with Crippen LogP contribution in [0.5, 0.6) is 0 Å². The summed E-state index contributed by atoms with van der Waals surface area (Å²) in [5.41, 5.74) is 0.00627. The number of carboxylic acids is 1.